The van der Waals surface area contributed by atoms with Gasteiger partial charge in [0.25, 0.3) is 0 Å². The lowest BCUT2D eigenvalue weighted by Crippen LogP contribution is -2.21. The summed E-state index contributed by atoms with van der Waals surface area (Å²) in [7, 11) is 0. The molecule has 19 heavy (non-hydrogen) atoms. The summed E-state index contributed by atoms with van der Waals surface area (Å²) < 4.78 is 3.96. The van der Waals surface area contributed by atoms with Crippen LogP contribution in [0.15, 0.2) is 42.9 Å². The van der Waals surface area contributed by atoms with Crippen LogP contribution in [0.1, 0.15) is 23.4 Å². The van der Waals surface area contributed by atoms with Crippen molar-refractivity contribution in [2.45, 2.75) is 13.0 Å². The molecule has 1 N–H and O–H groups in total. The van der Waals surface area contributed by atoms with E-state index >= 15 is 0 Å². The zero-order valence-corrected chi connectivity index (χ0v) is 11.4. The summed E-state index contributed by atoms with van der Waals surface area (Å²) in [6, 6.07) is 8.40. The van der Waals surface area contributed by atoms with Crippen molar-refractivity contribution < 1.29 is 0 Å². The number of hydrogen-bond acceptors (Lipinski definition) is 5. The molecule has 4 nitrogen and oxygen atoms in total. The fraction of sp³-hybridized carbons (Fsp3) is 0.214. The Kier molecular flexibility index (Phi) is 3.48. The molecular weight excluding hydrogens is 256 g/mol. The molecular formula is C14H14N4S. The average molecular weight is 270 g/mol. The van der Waals surface area contributed by atoms with Crippen molar-refractivity contribution in [3.8, 4) is 0 Å². The van der Waals surface area contributed by atoms with Crippen LogP contribution in [0.25, 0.3) is 10.8 Å². The molecule has 0 amide bonds. The Bertz CT molecular complexity index is 661. The first-order valence-electron chi connectivity index (χ1n) is 6.23. The Morgan fingerprint density at radius 1 is 1.21 bits per heavy atom. The number of nitrogens with one attached hydrogen (secondary N) is 1. The van der Waals surface area contributed by atoms with Gasteiger partial charge in [0.15, 0.2) is 0 Å². The van der Waals surface area contributed by atoms with Gasteiger partial charge in [-0.3, -0.25) is 4.98 Å². The predicted molar refractivity (Wildman–Crippen MR) is 77.2 cm³/mol. The largest absolute Gasteiger partial charge is 0.306 e. The first kappa shape index (κ1) is 12.2. The molecule has 0 aliphatic carbocycles. The molecule has 0 fully saturated rings. The zero-order valence-electron chi connectivity index (χ0n) is 10.6. The topological polar surface area (TPSA) is 50.7 Å². The average Bonchev–Trinajstić information content (AvgIpc) is 2.98. The van der Waals surface area contributed by atoms with Crippen molar-refractivity contribution in [3.05, 3.63) is 53.3 Å². The minimum atomic E-state index is 0.101. The summed E-state index contributed by atoms with van der Waals surface area (Å²) in [4.78, 5) is 5.46. The van der Waals surface area contributed by atoms with E-state index < -0.39 is 0 Å². The highest BCUT2D eigenvalue weighted by molar-refractivity contribution is 7.05. The van der Waals surface area contributed by atoms with Gasteiger partial charge in [0, 0.05) is 23.3 Å². The second-order valence-corrected chi connectivity index (χ2v) is 5.08. The van der Waals surface area contributed by atoms with Gasteiger partial charge in [0.2, 0.25) is 0 Å². The molecule has 0 aliphatic heterocycles. The highest BCUT2D eigenvalue weighted by Crippen LogP contribution is 2.29. The van der Waals surface area contributed by atoms with Crippen molar-refractivity contribution in [2.75, 3.05) is 6.54 Å². The van der Waals surface area contributed by atoms with Crippen LogP contribution in [0.2, 0.25) is 0 Å². The number of fused-ring (bicyclic) bond motifs is 1. The molecule has 0 saturated carbocycles. The molecule has 1 atom stereocenters. The molecule has 96 valence electrons. The Balaban J connectivity index is 2.15. The summed E-state index contributed by atoms with van der Waals surface area (Å²) in [5.74, 6) is 0. The van der Waals surface area contributed by atoms with E-state index in [4.69, 9.17) is 0 Å². The van der Waals surface area contributed by atoms with Crippen molar-refractivity contribution in [2.24, 2.45) is 0 Å². The van der Waals surface area contributed by atoms with Crippen LogP contribution in [-0.2, 0) is 0 Å². The maximum Gasteiger partial charge on any atom is 0.0724 e. The van der Waals surface area contributed by atoms with Crippen molar-refractivity contribution in [3.63, 3.8) is 0 Å². The number of aromatic nitrogens is 3. The predicted octanol–water partition coefficient (Wildman–Crippen LogP) is 2.79. The molecule has 5 heteroatoms. The minimum absolute atomic E-state index is 0.101. The second-order valence-electron chi connectivity index (χ2n) is 4.26. The minimum Gasteiger partial charge on any atom is -0.306 e. The van der Waals surface area contributed by atoms with E-state index in [1.54, 1.807) is 0 Å². The number of nitrogens with zero attached hydrogens (tertiary/aromatic N) is 3. The van der Waals surface area contributed by atoms with E-state index in [0.29, 0.717) is 0 Å². The number of benzene rings is 1. The maximum absolute atomic E-state index is 4.35. The molecule has 3 aromatic rings. The SMILES string of the molecule is CCNC(c1cnns1)c1cncc2ccccc12. The Morgan fingerprint density at radius 2 is 2.11 bits per heavy atom. The number of hydrogen-bond donors (Lipinski definition) is 1. The molecule has 0 spiro atoms. The smallest absolute Gasteiger partial charge is 0.0724 e. The highest BCUT2D eigenvalue weighted by Gasteiger charge is 2.17. The highest BCUT2D eigenvalue weighted by atomic mass is 32.1. The third-order valence-corrected chi connectivity index (χ3v) is 3.81. The standard InChI is InChI=1S/C14H14N4S/c1-2-16-14(13-9-17-18-19-13)12-8-15-7-10-5-3-4-6-11(10)12/h3-9,14,16H,2H2,1H3. The molecule has 0 bridgehead atoms. The van der Waals surface area contributed by atoms with Crippen LogP contribution in [-0.4, -0.2) is 21.1 Å². The van der Waals surface area contributed by atoms with Gasteiger partial charge in [-0.15, -0.1) is 5.10 Å². The number of rotatable bonds is 4. The Hall–Kier alpha value is -1.85. The monoisotopic (exact) mass is 270 g/mol. The van der Waals surface area contributed by atoms with Gasteiger partial charge in [-0.05, 0) is 23.5 Å². The van der Waals surface area contributed by atoms with Gasteiger partial charge >= 0.3 is 0 Å². The van der Waals surface area contributed by atoms with Gasteiger partial charge in [0.05, 0.1) is 17.1 Å². The first-order chi connectivity index (χ1) is 9.40. The van der Waals surface area contributed by atoms with Crippen molar-refractivity contribution >= 4 is 22.3 Å². The lowest BCUT2D eigenvalue weighted by molar-refractivity contribution is 0.640. The van der Waals surface area contributed by atoms with Crippen LogP contribution in [0.5, 0.6) is 0 Å². The summed E-state index contributed by atoms with van der Waals surface area (Å²) in [6.45, 7) is 2.98. The fourth-order valence-electron chi connectivity index (χ4n) is 2.24. The van der Waals surface area contributed by atoms with E-state index in [1.165, 1.54) is 22.5 Å². The van der Waals surface area contributed by atoms with Crippen LogP contribution >= 0.6 is 11.5 Å². The van der Waals surface area contributed by atoms with Crippen molar-refractivity contribution in [1.29, 1.82) is 0 Å². The number of pyridine rings is 1. The van der Waals surface area contributed by atoms with E-state index in [9.17, 15) is 0 Å². The first-order valence-corrected chi connectivity index (χ1v) is 7.00. The molecule has 2 aromatic heterocycles. The molecule has 0 saturated heterocycles. The van der Waals surface area contributed by atoms with Crippen LogP contribution in [0.3, 0.4) is 0 Å². The van der Waals surface area contributed by atoms with Crippen LogP contribution in [0, 0.1) is 0 Å². The van der Waals surface area contributed by atoms with Gasteiger partial charge in [-0.25, -0.2) is 0 Å². The van der Waals surface area contributed by atoms with Crippen molar-refractivity contribution in [1.82, 2.24) is 19.9 Å². The van der Waals surface area contributed by atoms with Gasteiger partial charge < -0.3 is 5.32 Å². The Labute approximate surface area is 115 Å². The molecule has 0 radical (unpaired) electrons. The molecule has 3 rings (SSSR count). The quantitative estimate of drug-likeness (QED) is 0.792. The third kappa shape index (κ3) is 2.34. The molecule has 2 heterocycles. The normalized spacial score (nSPS) is 12.7. The van der Waals surface area contributed by atoms with Gasteiger partial charge in [-0.1, -0.05) is 35.7 Å². The summed E-state index contributed by atoms with van der Waals surface area (Å²) in [5.41, 5.74) is 1.17. The lowest BCUT2D eigenvalue weighted by atomic mass is 10.0. The van der Waals surface area contributed by atoms with E-state index in [0.717, 1.165) is 16.8 Å². The molecule has 1 aromatic carbocycles. The third-order valence-electron chi connectivity index (χ3n) is 3.08. The van der Waals surface area contributed by atoms with E-state index in [2.05, 4.69) is 45.0 Å². The molecule has 0 aliphatic rings. The van der Waals surface area contributed by atoms with Crippen LogP contribution in [0.4, 0.5) is 0 Å². The maximum atomic E-state index is 4.35. The second kappa shape index (κ2) is 5.42. The zero-order chi connectivity index (χ0) is 13.1. The Morgan fingerprint density at radius 3 is 2.89 bits per heavy atom. The fourth-order valence-corrected chi connectivity index (χ4v) is 2.84. The summed E-state index contributed by atoms with van der Waals surface area (Å²) in [5, 5.41) is 9.80. The van der Waals surface area contributed by atoms with E-state index in [1.807, 2.05) is 24.7 Å². The van der Waals surface area contributed by atoms with E-state index in [-0.39, 0.29) is 6.04 Å². The summed E-state index contributed by atoms with van der Waals surface area (Å²) >= 11 is 1.42. The summed E-state index contributed by atoms with van der Waals surface area (Å²) in [6.07, 6.45) is 5.64. The van der Waals surface area contributed by atoms with Gasteiger partial charge in [-0.2, -0.15) is 0 Å². The molecule has 1 unspecified atom stereocenters. The van der Waals surface area contributed by atoms with Gasteiger partial charge in [0.1, 0.15) is 0 Å². The van der Waals surface area contributed by atoms with Crippen LogP contribution < -0.4 is 5.32 Å². The lowest BCUT2D eigenvalue weighted by Gasteiger charge is -2.17.